The van der Waals surface area contributed by atoms with Gasteiger partial charge in [0.1, 0.15) is 4.99 Å². The fraction of sp³-hybridized carbons (Fsp3) is 0.200. The molecule has 3 rings (SSSR count). The molecule has 0 aliphatic carbocycles. The van der Waals surface area contributed by atoms with E-state index >= 15 is 0 Å². The van der Waals surface area contributed by atoms with Crippen LogP contribution in [0.15, 0.2) is 35.7 Å². The van der Waals surface area contributed by atoms with Gasteiger partial charge in [-0.3, -0.25) is 4.79 Å². The zero-order valence-electron chi connectivity index (χ0n) is 10.8. The maximum Gasteiger partial charge on any atom is 0.254 e. The molecule has 1 aliphatic rings. The van der Waals surface area contributed by atoms with Crippen molar-refractivity contribution in [2.75, 3.05) is 6.54 Å². The molecule has 0 fully saturated rings. The lowest BCUT2D eigenvalue weighted by atomic mass is 10.1. The number of nitrogens with zero attached hydrogens (tertiary/aromatic N) is 1. The number of rotatable bonds is 2. The number of carbonyl (C=O) groups is 1. The number of amides is 1. The number of fused-ring (bicyclic) bond motifs is 1. The molecule has 20 heavy (non-hydrogen) atoms. The van der Waals surface area contributed by atoms with Gasteiger partial charge in [-0.05, 0) is 35.6 Å². The minimum atomic E-state index is 0.0661. The Morgan fingerprint density at radius 2 is 1.90 bits per heavy atom. The van der Waals surface area contributed by atoms with Crippen LogP contribution in [-0.2, 0) is 13.0 Å². The minimum absolute atomic E-state index is 0.0661. The number of nitrogens with two attached hydrogens (primary N) is 1. The van der Waals surface area contributed by atoms with Gasteiger partial charge in [-0.25, -0.2) is 0 Å². The molecule has 2 heterocycles. The van der Waals surface area contributed by atoms with Gasteiger partial charge >= 0.3 is 0 Å². The quantitative estimate of drug-likeness (QED) is 0.867. The van der Waals surface area contributed by atoms with E-state index in [0.29, 0.717) is 17.1 Å². The summed E-state index contributed by atoms with van der Waals surface area (Å²) >= 11 is 6.69. The third-order valence-electron chi connectivity index (χ3n) is 3.51. The first-order chi connectivity index (χ1) is 9.65. The molecule has 0 bridgehead atoms. The number of benzene rings is 1. The van der Waals surface area contributed by atoms with E-state index in [4.69, 9.17) is 18.0 Å². The van der Waals surface area contributed by atoms with Gasteiger partial charge < -0.3 is 10.6 Å². The molecule has 0 atom stereocenters. The highest BCUT2D eigenvalue weighted by molar-refractivity contribution is 7.80. The van der Waals surface area contributed by atoms with Gasteiger partial charge in [-0.1, -0.05) is 24.4 Å². The Labute approximate surface area is 127 Å². The maximum atomic E-state index is 12.5. The second-order valence-electron chi connectivity index (χ2n) is 4.79. The number of thiophene rings is 1. The summed E-state index contributed by atoms with van der Waals surface area (Å²) in [6, 6.07) is 9.29. The van der Waals surface area contributed by atoms with Crippen LogP contribution in [0, 0.1) is 0 Å². The average Bonchev–Trinajstić information content (AvgIpc) is 2.94. The second kappa shape index (κ2) is 5.34. The van der Waals surface area contributed by atoms with Gasteiger partial charge in [0.25, 0.3) is 5.91 Å². The summed E-state index contributed by atoms with van der Waals surface area (Å²) in [5, 5.41) is 2.09. The molecular formula is C15H14N2OS2. The molecule has 3 nitrogen and oxygen atoms in total. The van der Waals surface area contributed by atoms with Crippen LogP contribution in [0.25, 0.3) is 0 Å². The normalized spacial score (nSPS) is 13.9. The molecule has 0 unspecified atom stereocenters. The lowest BCUT2D eigenvalue weighted by Crippen LogP contribution is -2.35. The first-order valence-electron chi connectivity index (χ1n) is 6.39. The van der Waals surface area contributed by atoms with Crippen molar-refractivity contribution in [2.45, 2.75) is 13.0 Å². The Kier molecular flexibility index (Phi) is 3.54. The molecule has 0 radical (unpaired) electrons. The molecule has 2 N–H and O–H groups in total. The third kappa shape index (κ3) is 2.46. The van der Waals surface area contributed by atoms with E-state index in [0.717, 1.165) is 18.5 Å². The van der Waals surface area contributed by atoms with E-state index in [9.17, 15) is 4.79 Å². The lowest BCUT2D eigenvalue weighted by molar-refractivity contribution is 0.0736. The number of thiocarbonyl (C=S) groups is 1. The molecule has 0 saturated carbocycles. The fourth-order valence-electron chi connectivity index (χ4n) is 2.38. The van der Waals surface area contributed by atoms with Gasteiger partial charge in [0.2, 0.25) is 0 Å². The van der Waals surface area contributed by atoms with E-state index in [-0.39, 0.29) is 5.91 Å². The highest BCUT2D eigenvalue weighted by Gasteiger charge is 2.22. The summed E-state index contributed by atoms with van der Waals surface area (Å²) in [4.78, 5) is 16.1. The van der Waals surface area contributed by atoms with Crippen molar-refractivity contribution < 1.29 is 4.79 Å². The Bertz CT molecular complexity index is 661. The van der Waals surface area contributed by atoms with Gasteiger partial charge in [0.15, 0.2) is 0 Å². The van der Waals surface area contributed by atoms with Crippen LogP contribution in [0.3, 0.4) is 0 Å². The van der Waals surface area contributed by atoms with E-state index < -0.39 is 0 Å². The van der Waals surface area contributed by atoms with Crippen LogP contribution < -0.4 is 5.73 Å². The Hall–Kier alpha value is -1.72. The van der Waals surface area contributed by atoms with Crippen molar-refractivity contribution in [3.63, 3.8) is 0 Å². The molecule has 1 aliphatic heterocycles. The van der Waals surface area contributed by atoms with Gasteiger partial charge in [0, 0.05) is 29.1 Å². The number of hydrogen-bond donors (Lipinski definition) is 1. The fourth-order valence-corrected chi connectivity index (χ4v) is 3.41. The highest BCUT2D eigenvalue weighted by Crippen LogP contribution is 2.25. The van der Waals surface area contributed by atoms with Gasteiger partial charge in [-0.2, -0.15) is 0 Å². The second-order valence-corrected chi connectivity index (χ2v) is 6.23. The predicted octanol–water partition coefficient (Wildman–Crippen LogP) is 2.58. The maximum absolute atomic E-state index is 12.5. The van der Waals surface area contributed by atoms with E-state index in [1.807, 2.05) is 4.90 Å². The van der Waals surface area contributed by atoms with Gasteiger partial charge in [0.05, 0.1) is 0 Å². The largest absolute Gasteiger partial charge is 0.389 e. The third-order valence-corrected chi connectivity index (χ3v) is 4.77. The highest BCUT2D eigenvalue weighted by atomic mass is 32.1. The minimum Gasteiger partial charge on any atom is -0.389 e. The summed E-state index contributed by atoms with van der Waals surface area (Å²) in [6.45, 7) is 1.48. The molecule has 5 heteroatoms. The van der Waals surface area contributed by atoms with Crippen molar-refractivity contribution in [2.24, 2.45) is 5.73 Å². The summed E-state index contributed by atoms with van der Waals surface area (Å²) in [5.74, 6) is 0.0661. The Balaban J connectivity index is 1.78. The van der Waals surface area contributed by atoms with Crippen LogP contribution in [0.5, 0.6) is 0 Å². The Morgan fingerprint density at radius 1 is 1.20 bits per heavy atom. The lowest BCUT2D eigenvalue weighted by Gasteiger charge is -2.27. The van der Waals surface area contributed by atoms with Crippen molar-refractivity contribution in [1.82, 2.24) is 4.90 Å². The van der Waals surface area contributed by atoms with Crippen molar-refractivity contribution in [3.05, 3.63) is 57.3 Å². The van der Waals surface area contributed by atoms with E-state index in [2.05, 4.69) is 11.4 Å². The molecular weight excluding hydrogens is 288 g/mol. The van der Waals surface area contributed by atoms with Crippen LogP contribution in [0.2, 0.25) is 0 Å². The zero-order valence-corrected chi connectivity index (χ0v) is 12.5. The van der Waals surface area contributed by atoms with E-state index in [1.165, 1.54) is 10.4 Å². The smallest absolute Gasteiger partial charge is 0.254 e. The molecule has 1 amide bonds. The molecule has 102 valence electrons. The molecule has 1 aromatic heterocycles. The van der Waals surface area contributed by atoms with Crippen molar-refractivity contribution in [1.29, 1.82) is 0 Å². The van der Waals surface area contributed by atoms with Crippen LogP contribution in [-0.4, -0.2) is 22.3 Å². The Morgan fingerprint density at radius 3 is 2.60 bits per heavy atom. The first kappa shape index (κ1) is 13.3. The molecule has 2 aromatic rings. The standard InChI is InChI=1S/C15H14N2OS2/c16-14(19)10-1-3-11(4-2-10)15(18)17-7-5-13-12(9-17)6-8-20-13/h1-4,6,8H,5,7,9H2,(H2,16,19). The molecule has 1 aromatic carbocycles. The average molecular weight is 302 g/mol. The summed E-state index contributed by atoms with van der Waals surface area (Å²) in [5.41, 5.74) is 8.31. The van der Waals surface area contributed by atoms with Crippen molar-refractivity contribution in [3.8, 4) is 0 Å². The van der Waals surface area contributed by atoms with Crippen LogP contribution in [0.1, 0.15) is 26.4 Å². The number of carbonyl (C=O) groups excluding carboxylic acids is 1. The SMILES string of the molecule is NC(=S)c1ccc(C(=O)N2CCc3sccc3C2)cc1. The first-order valence-corrected chi connectivity index (χ1v) is 7.68. The number of hydrogen-bond acceptors (Lipinski definition) is 3. The summed E-state index contributed by atoms with van der Waals surface area (Å²) in [6.07, 6.45) is 0.948. The monoisotopic (exact) mass is 302 g/mol. The van der Waals surface area contributed by atoms with Crippen LogP contribution >= 0.6 is 23.6 Å². The van der Waals surface area contributed by atoms with Gasteiger partial charge in [-0.15, -0.1) is 11.3 Å². The van der Waals surface area contributed by atoms with E-state index in [1.54, 1.807) is 35.6 Å². The molecule has 0 spiro atoms. The zero-order chi connectivity index (χ0) is 14.1. The summed E-state index contributed by atoms with van der Waals surface area (Å²) < 4.78 is 0. The molecule has 0 saturated heterocycles. The van der Waals surface area contributed by atoms with Crippen molar-refractivity contribution >= 4 is 34.5 Å². The summed E-state index contributed by atoms with van der Waals surface area (Å²) in [7, 11) is 0. The van der Waals surface area contributed by atoms with Crippen LogP contribution in [0.4, 0.5) is 0 Å². The topological polar surface area (TPSA) is 46.3 Å². The predicted molar refractivity (Wildman–Crippen MR) is 85.1 cm³/mol.